The molecule has 0 unspecified atom stereocenters. The lowest BCUT2D eigenvalue weighted by atomic mass is 9.95. The summed E-state index contributed by atoms with van der Waals surface area (Å²) in [6, 6.07) is 19.5. The van der Waals surface area contributed by atoms with Crippen molar-refractivity contribution in [3.05, 3.63) is 65.5 Å². The SMILES string of the molecule is O=C(Nc1ccccc1)C1CCN(C(=O)c2cc3ccccc3s2)CC1. The first-order valence-electron chi connectivity index (χ1n) is 8.84. The Hall–Kier alpha value is -2.66. The average molecular weight is 364 g/mol. The summed E-state index contributed by atoms with van der Waals surface area (Å²) in [4.78, 5) is 27.8. The van der Waals surface area contributed by atoms with Crippen LogP contribution in [-0.2, 0) is 4.79 Å². The third-order valence-corrected chi connectivity index (χ3v) is 5.93. The number of anilines is 1. The Labute approximate surface area is 156 Å². The lowest BCUT2D eigenvalue weighted by Crippen LogP contribution is -2.41. The number of rotatable bonds is 3. The summed E-state index contributed by atoms with van der Waals surface area (Å²) >= 11 is 1.54. The van der Waals surface area contributed by atoms with E-state index in [9.17, 15) is 9.59 Å². The Kier molecular flexibility index (Phi) is 4.71. The molecule has 1 aliphatic rings. The molecule has 5 heteroatoms. The van der Waals surface area contributed by atoms with Crippen LogP contribution in [0, 0.1) is 5.92 Å². The molecule has 132 valence electrons. The highest BCUT2D eigenvalue weighted by molar-refractivity contribution is 7.20. The summed E-state index contributed by atoms with van der Waals surface area (Å²) in [6.07, 6.45) is 1.41. The largest absolute Gasteiger partial charge is 0.338 e. The molecule has 0 aliphatic carbocycles. The van der Waals surface area contributed by atoms with Gasteiger partial charge in [-0.3, -0.25) is 9.59 Å². The zero-order chi connectivity index (χ0) is 17.9. The van der Waals surface area contributed by atoms with Crippen molar-refractivity contribution in [1.82, 2.24) is 4.90 Å². The second kappa shape index (κ2) is 7.30. The van der Waals surface area contributed by atoms with Crippen LogP contribution in [0.4, 0.5) is 5.69 Å². The molecule has 3 aromatic rings. The van der Waals surface area contributed by atoms with Crippen LogP contribution in [0.1, 0.15) is 22.5 Å². The molecule has 1 aliphatic heterocycles. The Bertz CT molecular complexity index is 894. The number of thiophene rings is 1. The van der Waals surface area contributed by atoms with Crippen LogP contribution in [-0.4, -0.2) is 29.8 Å². The highest BCUT2D eigenvalue weighted by Crippen LogP contribution is 2.28. The van der Waals surface area contributed by atoms with Gasteiger partial charge in [0.2, 0.25) is 5.91 Å². The van der Waals surface area contributed by atoms with Crippen LogP contribution < -0.4 is 5.32 Å². The predicted octanol–water partition coefficient (Wildman–Crippen LogP) is 4.39. The van der Waals surface area contributed by atoms with E-state index in [1.54, 1.807) is 0 Å². The van der Waals surface area contributed by atoms with E-state index in [0.717, 1.165) is 20.7 Å². The summed E-state index contributed by atoms with van der Waals surface area (Å²) in [7, 11) is 0. The zero-order valence-electron chi connectivity index (χ0n) is 14.4. The maximum Gasteiger partial charge on any atom is 0.263 e. The van der Waals surface area contributed by atoms with Gasteiger partial charge in [0.25, 0.3) is 5.91 Å². The number of benzene rings is 2. The number of nitrogens with one attached hydrogen (secondary N) is 1. The van der Waals surface area contributed by atoms with Gasteiger partial charge in [-0.25, -0.2) is 0 Å². The van der Waals surface area contributed by atoms with Crippen LogP contribution in [0.5, 0.6) is 0 Å². The Morgan fingerprint density at radius 2 is 1.65 bits per heavy atom. The van der Waals surface area contributed by atoms with Crippen molar-refractivity contribution in [2.45, 2.75) is 12.8 Å². The second-order valence-corrected chi connectivity index (χ2v) is 7.65. The summed E-state index contributed by atoms with van der Waals surface area (Å²) in [5.74, 6) is 0.0833. The molecular weight excluding hydrogens is 344 g/mol. The van der Waals surface area contributed by atoms with E-state index >= 15 is 0 Å². The first kappa shape index (κ1) is 16.8. The molecule has 26 heavy (non-hydrogen) atoms. The molecule has 0 spiro atoms. The molecule has 1 aromatic heterocycles. The van der Waals surface area contributed by atoms with Gasteiger partial charge in [0, 0.05) is 29.4 Å². The van der Waals surface area contributed by atoms with Gasteiger partial charge in [0.15, 0.2) is 0 Å². The lowest BCUT2D eigenvalue weighted by molar-refractivity contribution is -0.121. The quantitative estimate of drug-likeness (QED) is 0.749. The van der Waals surface area contributed by atoms with Crippen molar-refractivity contribution in [3.8, 4) is 0 Å². The van der Waals surface area contributed by atoms with Crippen molar-refractivity contribution in [1.29, 1.82) is 0 Å². The topological polar surface area (TPSA) is 49.4 Å². The van der Waals surface area contributed by atoms with Crippen LogP contribution >= 0.6 is 11.3 Å². The van der Waals surface area contributed by atoms with Crippen LogP contribution in [0.3, 0.4) is 0 Å². The molecule has 0 radical (unpaired) electrons. The molecule has 1 N–H and O–H groups in total. The number of nitrogens with zero attached hydrogens (tertiary/aromatic N) is 1. The van der Waals surface area contributed by atoms with E-state index in [1.807, 2.05) is 65.6 Å². The molecule has 0 bridgehead atoms. The fourth-order valence-corrected chi connectivity index (χ4v) is 4.38. The summed E-state index contributed by atoms with van der Waals surface area (Å²) < 4.78 is 1.13. The molecule has 2 aromatic carbocycles. The Morgan fingerprint density at radius 3 is 2.38 bits per heavy atom. The van der Waals surface area contributed by atoms with E-state index < -0.39 is 0 Å². The smallest absolute Gasteiger partial charge is 0.263 e. The monoisotopic (exact) mass is 364 g/mol. The van der Waals surface area contributed by atoms with Gasteiger partial charge in [-0.05, 0) is 42.5 Å². The minimum Gasteiger partial charge on any atom is -0.338 e. The molecule has 0 saturated carbocycles. The van der Waals surface area contributed by atoms with Gasteiger partial charge in [0.05, 0.1) is 4.88 Å². The number of hydrogen-bond donors (Lipinski definition) is 1. The molecule has 2 heterocycles. The van der Waals surface area contributed by atoms with Gasteiger partial charge in [-0.15, -0.1) is 11.3 Å². The Balaban J connectivity index is 1.37. The molecule has 2 amide bonds. The lowest BCUT2D eigenvalue weighted by Gasteiger charge is -2.31. The Morgan fingerprint density at radius 1 is 0.962 bits per heavy atom. The van der Waals surface area contributed by atoms with Crippen molar-refractivity contribution < 1.29 is 9.59 Å². The first-order valence-corrected chi connectivity index (χ1v) is 9.66. The number of piperidine rings is 1. The number of hydrogen-bond acceptors (Lipinski definition) is 3. The van der Waals surface area contributed by atoms with Gasteiger partial charge in [-0.1, -0.05) is 36.4 Å². The summed E-state index contributed by atoms with van der Waals surface area (Å²) in [5, 5.41) is 4.07. The van der Waals surface area contributed by atoms with E-state index in [4.69, 9.17) is 0 Å². The minimum atomic E-state index is -0.0401. The zero-order valence-corrected chi connectivity index (χ0v) is 15.2. The fraction of sp³-hybridized carbons (Fsp3) is 0.238. The highest BCUT2D eigenvalue weighted by atomic mass is 32.1. The van der Waals surface area contributed by atoms with Crippen LogP contribution in [0.25, 0.3) is 10.1 Å². The van der Waals surface area contributed by atoms with E-state index in [0.29, 0.717) is 25.9 Å². The molecule has 1 fully saturated rings. The maximum absolute atomic E-state index is 12.8. The molecule has 4 nitrogen and oxygen atoms in total. The second-order valence-electron chi connectivity index (χ2n) is 6.57. The molecule has 0 atom stereocenters. The predicted molar refractivity (Wildman–Crippen MR) is 106 cm³/mol. The van der Waals surface area contributed by atoms with E-state index in [2.05, 4.69) is 5.32 Å². The van der Waals surface area contributed by atoms with Gasteiger partial charge < -0.3 is 10.2 Å². The molecule has 1 saturated heterocycles. The number of para-hydroxylation sites is 1. The first-order chi connectivity index (χ1) is 12.7. The highest BCUT2D eigenvalue weighted by Gasteiger charge is 2.28. The van der Waals surface area contributed by atoms with Crippen molar-refractivity contribution in [2.24, 2.45) is 5.92 Å². The number of amides is 2. The fourth-order valence-electron chi connectivity index (χ4n) is 3.35. The summed E-state index contributed by atoms with van der Waals surface area (Å²) in [5.41, 5.74) is 0.821. The maximum atomic E-state index is 12.8. The summed E-state index contributed by atoms with van der Waals surface area (Å²) in [6.45, 7) is 1.25. The normalized spacial score (nSPS) is 15.2. The van der Waals surface area contributed by atoms with Crippen molar-refractivity contribution >= 4 is 38.9 Å². The third kappa shape index (κ3) is 3.48. The molecule has 4 rings (SSSR count). The van der Waals surface area contributed by atoms with Crippen molar-refractivity contribution in [3.63, 3.8) is 0 Å². The van der Waals surface area contributed by atoms with Crippen LogP contribution in [0.2, 0.25) is 0 Å². The van der Waals surface area contributed by atoms with E-state index in [-0.39, 0.29) is 17.7 Å². The van der Waals surface area contributed by atoms with Gasteiger partial charge >= 0.3 is 0 Å². The van der Waals surface area contributed by atoms with Crippen molar-refractivity contribution in [2.75, 3.05) is 18.4 Å². The van der Waals surface area contributed by atoms with E-state index in [1.165, 1.54) is 11.3 Å². The number of fused-ring (bicyclic) bond motifs is 1. The number of carbonyl (C=O) groups excluding carboxylic acids is 2. The molecular formula is C21H20N2O2S. The van der Waals surface area contributed by atoms with Gasteiger partial charge in [-0.2, -0.15) is 0 Å². The average Bonchev–Trinajstić information content (AvgIpc) is 3.12. The third-order valence-electron chi connectivity index (χ3n) is 4.83. The van der Waals surface area contributed by atoms with Gasteiger partial charge in [0.1, 0.15) is 0 Å². The number of carbonyl (C=O) groups is 2. The minimum absolute atomic E-state index is 0.0401. The standard InChI is InChI=1S/C21H20N2O2S/c24-20(22-17-7-2-1-3-8-17)15-10-12-23(13-11-15)21(25)19-14-16-6-4-5-9-18(16)26-19/h1-9,14-15H,10-13H2,(H,22,24). The van der Waals surface area contributed by atoms with Crippen LogP contribution in [0.15, 0.2) is 60.7 Å². The number of likely N-dealkylation sites (tertiary alicyclic amines) is 1.